The van der Waals surface area contributed by atoms with Gasteiger partial charge in [0.05, 0.1) is 0 Å². The third kappa shape index (κ3) is 91.0. The van der Waals surface area contributed by atoms with Crippen LogP contribution >= 0.6 is 0 Å². The van der Waals surface area contributed by atoms with Crippen molar-refractivity contribution < 1.29 is 132 Å². The summed E-state index contributed by atoms with van der Waals surface area (Å²) in [5, 5.41) is 0. The molecule has 0 amide bonds. The fourth-order valence-electron chi connectivity index (χ4n) is 0. The summed E-state index contributed by atoms with van der Waals surface area (Å²) < 4.78 is 0. The molecule has 0 aliphatic rings. The third-order valence-corrected chi connectivity index (χ3v) is 0. The zero-order valence-electron chi connectivity index (χ0n) is 4.61. The van der Waals surface area contributed by atoms with Crippen molar-refractivity contribution >= 4 is 0 Å². The molecule has 0 aromatic rings. The third-order valence-electron chi connectivity index (χ3n) is 0. The zero-order valence-corrected chi connectivity index (χ0v) is 16.2. The normalized spacial score (nSPS) is 0. The molecule has 0 fully saturated rings. The van der Waals surface area contributed by atoms with Crippen LogP contribution < -0.4 is 0 Å². The quantitative estimate of drug-likeness (QED) is 0.488. The number of rotatable bonds is 0. The molecule has 0 aromatic heterocycles. The molecular formula is O5Y2Zn2. The van der Waals surface area contributed by atoms with E-state index in [0.29, 0.717) is 0 Å². The molecule has 0 aromatic carbocycles. The Morgan fingerprint density at radius 1 is 0.333 bits per heavy atom. The van der Waals surface area contributed by atoms with Crippen molar-refractivity contribution in [3.05, 3.63) is 0 Å². The van der Waals surface area contributed by atoms with Crippen LogP contribution in [-0.2, 0) is 132 Å². The summed E-state index contributed by atoms with van der Waals surface area (Å²) in [5.41, 5.74) is 0. The SMILES string of the molecule is [O-2].[O-2].[O-2].[O-2].[O-2].[Y+3].[Y+3].[Zn+2].[Zn+2]. The fourth-order valence-corrected chi connectivity index (χ4v) is 0. The van der Waals surface area contributed by atoms with Crippen LogP contribution in [0.5, 0.6) is 0 Å². The van der Waals surface area contributed by atoms with Gasteiger partial charge >= 0.3 is 104 Å². The Kier molecular flexibility index (Phi) is 1820. The molecule has 0 bridgehead atoms. The van der Waals surface area contributed by atoms with Gasteiger partial charge in [-0.2, -0.15) is 0 Å². The van der Waals surface area contributed by atoms with E-state index >= 15 is 0 Å². The number of hydrogen-bond acceptors (Lipinski definition) is 0. The first-order valence-electron chi connectivity index (χ1n) is 0. The maximum atomic E-state index is 0. The van der Waals surface area contributed by atoms with E-state index in [4.69, 9.17) is 0 Å². The summed E-state index contributed by atoms with van der Waals surface area (Å²) in [5.74, 6) is 0. The van der Waals surface area contributed by atoms with Gasteiger partial charge in [-0.1, -0.05) is 0 Å². The van der Waals surface area contributed by atoms with Gasteiger partial charge in [-0.05, 0) is 0 Å². The first kappa shape index (κ1) is 147. The standard InChI is InChI=1S/5O.2Y.2Zn/q5*-2;2*+3;2*+2. The van der Waals surface area contributed by atoms with E-state index in [-0.39, 0.29) is 132 Å². The van der Waals surface area contributed by atoms with Gasteiger partial charge in [-0.25, -0.2) is 0 Å². The Morgan fingerprint density at radius 2 is 0.333 bits per heavy atom. The summed E-state index contributed by atoms with van der Waals surface area (Å²) in [4.78, 5) is 0. The van der Waals surface area contributed by atoms with Gasteiger partial charge in [0.25, 0.3) is 0 Å². The molecule has 5 nitrogen and oxygen atoms in total. The van der Waals surface area contributed by atoms with E-state index in [1.54, 1.807) is 0 Å². The van der Waals surface area contributed by atoms with Crippen LogP contribution in [0.2, 0.25) is 0 Å². The molecular weight excluding hydrogens is 389 g/mol. The second kappa shape index (κ2) is 112. The molecule has 9 heteroatoms. The second-order valence-electron chi connectivity index (χ2n) is 0. The van der Waals surface area contributed by atoms with Crippen LogP contribution in [0.3, 0.4) is 0 Å². The first-order valence-corrected chi connectivity index (χ1v) is 0. The average molecular weight is 389 g/mol. The van der Waals surface area contributed by atoms with Crippen molar-refractivity contribution in [1.29, 1.82) is 0 Å². The van der Waals surface area contributed by atoms with Gasteiger partial charge < -0.3 is 27.4 Å². The van der Waals surface area contributed by atoms with E-state index in [2.05, 4.69) is 0 Å². The Morgan fingerprint density at radius 3 is 0.333 bits per heavy atom. The van der Waals surface area contributed by atoms with Gasteiger partial charge in [0.15, 0.2) is 0 Å². The van der Waals surface area contributed by atoms with Gasteiger partial charge in [-0.15, -0.1) is 0 Å². The van der Waals surface area contributed by atoms with Crippen LogP contribution in [-0.4, -0.2) is 0 Å². The molecule has 0 spiro atoms. The molecule has 9 heavy (non-hydrogen) atoms. The minimum Gasteiger partial charge on any atom is -2.00 e. The molecule has 0 atom stereocenters. The predicted octanol–water partition coefficient (Wildman–Crippen LogP) is -0.604. The molecule has 0 heterocycles. The summed E-state index contributed by atoms with van der Waals surface area (Å²) in [6.45, 7) is 0. The van der Waals surface area contributed by atoms with Crippen LogP contribution in [0, 0.1) is 0 Å². The zero-order chi connectivity index (χ0) is 0. The molecule has 0 aliphatic carbocycles. The predicted molar refractivity (Wildman–Crippen MR) is 3.43 cm³/mol. The monoisotopic (exact) mass is 386 g/mol. The maximum Gasteiger partial charge on any atom is 3.00 e. The Labute approximate surface area is 129 Å². The van der Waals surface area contributed by atoms with Crippen LogP contribution in [0.25, 0.3) is 0 Å². The molecule has 40 valence electrons. The van der Waals surface area contributed by atoms with Crippen molar-refractivity contribution in [2.45, 2.75) is 0 Å². The van der Waals surface area contributed by atoms with Crippen molar-refractivity contribution in [1.82, 2.24) is 0 Å². The van der Waals surface area contributed by atoms with Crippen molar-refractivity contribution in [3.8, 4) is 0 Å². The molecule has 0 saturated carbocycles. The molecule has 0 aliphatic heterocycles. The van der Waals surface area contributed by atoms with Gasteiger partial charge in [0.2, 0.25) is 0 Å². The summed E-state index contributed by atoms with van der Waals surface area (Å²) in [7, 11) is 0. The van der Waals surface area contributed by atoms with Crippen molar-refractivity contribution in [2.24, 2.45) is 0 Å². The average Bonchev–Trinajstić information content (AvgIpc) is 0. The van der Waals surface area contributed by atoms with Crippen molar-refractivity contribution in [2.75, 3.05) is 0 Å². The second-order valence-corrected chi connectivity index (χ2v) is 0. The smallest absolute Gasteiger partial charge is 2.00 e. The maximum absolute atomic E-state index is 0. The largest absolute Gasteiger partial charge is 3.00 e. The summed E-state index contributed by atoms with van der Waals surface area (Å²) in [6, 6.07) is 0. The Balaban J connectivity index is 0. The molecule has 0 N–H and O–H groups in total. The minimum absolute atomic E-state index is 0. The minimum atomic E-state index is 0. The van der Waals surface area contributed by atoms with E-state index < -0.39 is 0 Å². The molecule has 0 rings (SSSR count). The van der Waals surface area contributed by atoms with E-state index in [0.717, 1.165) is 0 Å². The van der Waals surface area contributed by atoms with Gasteiger partial charge in [0, 0.05) is 0 Å². The van der Waals surface area contributed by atoms with E-state index in [1.807, 2.05) is 0 Å². The van der Waals surface area contributed by atoms with Crippen molar-refractivity contribution in [3.63, 3.8) is 0 Å². The van der Waals surface area contributed by atoms with Gasteiger partial charge in [-0.3, -0.25) is 0 Å². The van der Waals surface area contributed by atoms with E-state index in [1.165, 1.54) is 0 Å². The van der Waals surface area contributed by atoms with Crippen LogP contribution in [0.15, 0.2) is 0 Å². The Bertz CT molecular complexity index is 12.9. The van der Waals surface area contributed by atoms with Gasteiger partial charge in [0.1, 0.15) is 0 Å². The van der Waals surface area contributed by atoms with Crippen LogP contribution in [0.1, 0.15) is 0 Å². The molecule has 0 unspecified atom stereocenters. The number of hydrogen-bond donors (Lipinski definition) is 0. The molecule has 0 radical (unpaired) electrons. The fraction of sp³-hybridized carbons (Fsp3) is 0. The Hall–Kier alpha value is 3.25. The summed E-state index contributed by atoms with van der Waals surface area (Å²) >= 11 is 0. The van der Waals surface area contributed by atoms with Crippen LogP contribution in [0.4, 0.5) is 0 Å². The van der Waals surface area contributed by atoms with E-state index in [9.17, 15) is 0 Å². The first-order chi connectivity index (χ1) is 0. The molecule has 0 saturated heterocycles. The summed E-state index contributed by atoms with van der Waals surface area (Å²) in [6.07, 6.45) is 0. The topological polar surface area (TPSA) is 142 Å².